The van der Waals surface area contributed by atoms with Crippen LogP contribution in [0.1, 0.15) is 90.5 Å². The summed E-state index contributed by atoms with van der Waals surface area (Å²) in [6.45, 7) is 11.1. The molecule has 0 aromatic heterocycles. The second-order valence-electron chi connectivity index (χ2n) is 13.0. The Bertz CT molecular complexity index is 1060. The minimum atomic E-state index is -0.595. The first-order valence-electron chi connectivity index (χ1n) is 15.2. The Morgan fingerprint density at radius 1 is 1.10 bits per heavy atom. The Hall–Kier alpha value is -2.72. The molecule has 1 saturated carbocycles. The third-order valence-corrected chi connectivity index (χ3v) is 8.28. The van der Waals surface area contributed by atoms with Crippen LogP contribution >= 0.6 is 0 Å². The van der Waals surface area contributed by atoms with E-state index in [4.69, 9.17) is 9.47 Å². The van der Waals surface area contributed by atoms with Crippen LogP contribution in [-0.2, 0) is 19.1 Å². The van der Waals surface area contributed by atoms with Gasteiger partial charge in [0.1, 0.15) is 17.5 Å². The van der Waals surface area contributed by atoms with Crippen molar-refractivity contribution in [3.8, 4) is 0 Å². The summed E-state index contributed by atoms with van der Waals surface area (Å²) in [6.07, 6.45) is 6.82. The fourth-order valence-electron chi connectivity index (χ4n) is 6.05. The summed E-state index contributed by atoms with van der Waals surface area (Å²) in [4.78, 5) is 37.8. The Morgan fingerprint density at radius 3 is 2.44 bits per heavy atom. The summed E-state index contributed by atoms with van der Waals surface area (Å²) in [6, 6.07) is 4.58. The maximum absolute atomic E-state index is 14.9. The summed E-state index contributed by atoms with van der Waals surface area (Å²) in [5.74, 6) is -0.0540. The zero-order valence-electron chi connectivity index (χ0n) is 25.0. The highest BCUT2D eigenvalue weighted by atomic mass is 19.1. The molecule has 1 aliphatic carbocycles. The SMILES string of the molecule is C[C@H](COC1CCC(CN2CCC(c3ccc(NC4CCC(=O)NC4=O)c(F)c3)CC2)CC1)NC(=O)OC(C)(C)C. The number of nitrogens with one attached hydrogen (secondary N) is 3. The van der Waals surface area contributed by atoms with Gasteiger partial charge in [-0.1, -0.05) is 6.07 Å². The number of rotatable bonds is 9. The molecule has 228 valence electrons. The first kappa shape index (κ1) is 31.2. The molecule has 0 radical (unpaired) electrons. The van der Waals surface area contributed by atoms with Crippen molar-refractivity contribution in [3.05, 3.63) is 29.6 Å². The van der Waals surface area contributed by atoms with Crippen molar-refractivity contribution in [3.63, 3.8) is 0 Å². The van der Waals surface area contributed by atoms with Crippen molar-refractivity contribution in [2.24, 2.45) is 5.92 Å². The molecule has 4 rings (SSSR count). The topological polar surface area (TPSA) is 109 Å². The van der Waals surface area contributed by atoms with Crippen LogP contribution in [0.25, 0.3) is 0 Å². The van der Waals surface area contributed by atoms with Gasteiger partial charge in [0.2, 0.25) is 11.8 Å². The summed E-state index contributed by atoms with van der Waals surface area (Å²) in [5.41, 5.74) is 0.790. The van der Waals surface area contributed by atoms with Crippen molar-refractivity contribution < 1.29 is 28.2 Å². The van der Waals surface area contributed by atoms with Gasteiger partial charge in [-0.15, -0.1) is 0 Å². The predicted molar refractivity (Wildman–Crippen MR) is 155 cm³/mol. The highest BCUT2D eigenvalue weighted by Crippen LogP contribution is 2.33. The minimum Gasteiger partial charge on any atom is -0.444 e. The van der Waals surface area contributed by atoms with Gasteiger partial charge in [0.25, 0.3) is 0 Å². The van der Waals surface area contributed by atoms with E-state index in [0.29, 0.717) is 30.6 Å². The lowest BCUT2D eigenvalue weighted by molar-refractivity contribution is -0.133. The molecule has 2 atom stereocenters. The zero-order chi connectivity index (χ0) is 29.6. The quantitative estimate of drug-likeness (QED) is 0.367. The fourth-order valence-corrected chi connectivity index (χ4v) is 6.05. The van der Waals surface area contributed by atoms with Crippen LogP contribution in [0.15, 0.2) is 18.2 Å². The number of halogens is 1. The number of likely N-dealkylation sites (tertiary alicyclic amines) is 1. The van der Waals surface area contributed by atoms with Gasteiger partial charge in [-0.05, 0) is 115 Å². The molecular weight excluding hydrogens is 527 g/mol. The lowest BCUT2D eigenvalue weighted by Gasteiger charge is -2.37. The van der Waals surface area contributed by atoms with E-state index in [2.05, 4.69) is 20.9 Å². The molecule has 3 fully saturated rings. The van der Waals surface area contributed by atoms with E-state index < -0.39 is 23.6 Å². The zero-order valence-corrected chi connectivity index (χ0v) is 25.0. The maximum atomic E-state index is 14.9. The molecule has 1 unspecified atom stereocenters. The number of carbonyl (C=O) groups excluding carboxylic acids is 3. The van der Waals surface area contributed by atoms with Gasteiger partial charge in [0, 0.05) is 13.0 Å². The number of carbonyl (C=O) groups is 3. The molecule has 3 amide bonds. The molecule has 2 aliphatic heterocycles. The highest BCUT2D eigenvalue weighted by molar-refractivity contribution is 6.01. The van der Waals surface area contributed by atoms with Crippen molar-refractivity contribution >= 4 is 23.6 Å². The predicted octanol–water partition coefficient (Wildman–Crippen LogP) is 4.71. The number of imide groups is 1. The Balaban J connectivity index is 1.13. The van der Waals surface area contributed by atoms with Crippen LogP contribution in [-0.4, -0.2) is 72.8 Å². The Labute approximate surface area is 243 Å². The van der Waals surface area contributed by atoms with Gasteiger partial charge in [-0.25, -0.2) is 9.18 Å². The van der Waals surface area contributed by atoms with E-state index in [1.54, 1.807) is 12.1 Å². The molecule has 2 heterocycles. The summed E-state index contributed by atoms with van der Waals surface area (Å²) in [5, 5.41) is 8.09. The van der Waals surface area contributed by atoms with E-state index in [1.807, 2.05) is 33.8 Å². The van der Waals surface area contributed by atoms with Crippen molar-refractivity contribution in [2.75, 3.05) is 31.6 Å². The van der Waals surface area contributed by atoms with Crippen LogP contribution in [0.3, 0.4) is 0 Å². The number of nitrogens with zero attached hydrogens (tertiary/aromatic N) is 1. The molecule has 0 bridgehead atoms. The van der Waals surface area contributed by atoms with Gasteiger partial charge in [-0.2, -0.15) is 0 Å². The summed E-state index contributed by atoms with van der Waals surface area (Å²) >= 11 is 0. The second-order valence-corrected chi connectivity index (χ2v) is 13.0. The third kappa shape index (κ3) is 9.67. The second kappa shape index (κ2) is 14.0. The van der Waals surface area contributed by atoms with Crippen molar-refractivity contribution in [1.82, 2.24) is 15.5 Å². The number of benzene rings is 1. The number of ether oxygens (including phenoxy) is 2. The maximum Gasteiger partial charge on any atom is 0.407 e. The largest absolute Gasteiger partial charge is 0.444 e. The molecule has 3 aliphatic rings. The normalized spacial score (nSPS) is 25.3. The van der Waals surface area contributed by atoms with Gasteiger partial charge < -0.3 is 25.0 Å². The molecule has 1 aromatic rings. The third-order valence-electron chi connectivity index (χ3n) is 8.28. The van der Waals surface area contributed by atoms with E-state index in [1.165, 1.54) is 0 Å². The van der Waals surface area contributed by atoms with E-state index in [0.717, 1.165) is 63.7 Å². The number of amides is 3. The van der Waals surface area contributed by atoms with Crippen LogP contribution in [0.2, 0.25) is 0 Å². The van der Waals surface area contributed by atoms with Crippen LogP contribution in [0, 0.1) is 11.7 Å². The number of hydrogen-bond acceptors (Lipinski definition) is 7. The van der Waals surface area contributed by atoms with E-state index in [9.17, 15) is 18.8 Å². The average Bonchev–Trinajstić information content (AvgIpc) is 2.90. The first-order chi connectivity index (χ1) is 19.4. The first-order valence-corrected chi connectivity index (χ1v) is 15.2. The number of hydrogen-bond donors (Lipinski definition) is 3. The van der Waals surface area contributed by atoms with Gasteiger partial charge >= 0.3 is 6.09 Å². The van der Waals surface area contributed by atoms with E-state index >= 15 is 0 Å². The Morgan fingerprint density at radius 2 is 1.80 bits per heavy atom. The standard InChI is InChI=1S/C31H47FN4O5/c1-20(33-30(39)41-31(2,3)4)19-40-24-8-5-21(6-9-24)18-36-15-13-22(14-16-36)23-7-10-26(25(32)17-23)34-27-11-12-28(37)35-29(27)38/h7,10,17,20-22,24,27,34H,5-6,8-9,11-16,18-19H2,1-4H3,(H,33,39)(H,35,37,38)/t20-,21?,24?,27?/m1/s1. The molecule has 3 N–H and O–H groups in total. The van der Waals surface area contributed by atoms with Gasteiger partial charge in [-0.3, -0.25) is 14.9 Å². The van der Waals surface area contributed by atoms with Gasteiger partial charge in [0.15, 0.2) is 0 Å². The Kier molecular flexibility index (Phi) is 10.6. The number of anilines is 1. The number of alkyl carbamates (subject to hydrolysis) is 1. The van der Waals surface area contributed by atoms with Crippen LogP contribution in [0.4, 0.5) is 14.9 Å². The fraction of sp³-hybridized carbons (Fsp3) is 0.710. The molecule has 0 spiro atoms. The molecule has 9 nitrogen and oxygen atoms in total. The van der Waals surface area contributed by atoms with Crippen LogP contribution in [0.5, 0.6) is 0 Å². The number of piperidine rings is 2. The highest BCUT2D eigenvalue weighted by Gasteiger charge is 2.29. The molecule has 1 aromatic carbocycles. The van der Waals surface area contributed by atoms with Crippen molar-refractivity contribution in [2.45, 2.75) is 109 Å². The van der Waals surface area contributed by atoms with Gasteiger partial charge in [0.05, 0.1) is 24.4 Å². The van der Waals surface area contributed by atoms with E-state index in [-0.39, 0.29) is 30.3 Å². The lowest BCUT2D eigenvalue weighted by Crippen LogP contribution is -2.47. The lowest BCUT2D eigenvalue weighted by atomic mass is 9.85. The molecule has 41 heavy (non-hydrogen) atoms. The molecule has 2 saturated heterocycles. The molecular formula is C31H47FN4O5. The van der Waals surface area contributed by atoms with Crippen molar-refractivity contribution in [1.29, 1.82) is 0 Å². The average molecular weight is 575 g/mol. The smallest absolute Gasteiger partial charge is 0.407 e. The summed E-state index contributed by atoms with van der Waals surface area (Å²) < 4.78 is 26.3. The molecule has 10 heteroatoms. The summed E-state index contributed by atoms with van der Waals surface area (Å²) in [7, 11) is 0. The monoisotopic (exact) mass is 574 g/mol. The van der Waals surface area contributed by atoms with Crippen LogP contribution < -0.4 is 16.0 Å². The minimum absolute atomic E-state index is 0.102.